The molecule has 0 saturated heterocycles. The highest BCUT2D eigenvalue weighted by atomic mass is 16.3. The van der Waals surface area contributed by atoms with Crippen LogP contribution in [0.2, 0.25) is 0 Å². The fourth-order valence-corrected chi connectivity index (χ4v) is 9.09. The number of unbranched alkanes of at least 4 members (excludes halogenated alkanes) is 12. The Bertz CT molecular complexity index is 2300. The van der Waals surface area contributed by atoms with Crippen molar-refractivity contribution in [2.75, 3.05) is 0 Å². The fourth-order valence-electron chi connectivity index (χ4n) is 9.09. The molecule has 294 valence electrons. The normalized spacial score (nSPS) is 12.3. The maximum atomic E-state index is 15.1. The van der Waals surface area contributed by atoms with Crippen LogP contribution in [0, 0.1) is 0 Å². The molecule has 3 heterocycles. The van der Waals surface area contributed by atoms with E-state index in [4.69, 9.17) is 9.97 Å². The van der Waals surface area contributed by atoms with Crippen LogP contribution in [-0.2, 0) is 0 Å². The predicted octanol–water partition coefficient (Wildman–Crippen LogP) is 12.3. The van der Waals surface area contributed by atoms with Crippen LogP contribution in [0.5, 0.6) is 5.88 Å². The van der Waals surface area contributed by atoms with E-state index < -0.39 is 0 Å². The van der Waals surface area contributed by atoms with Crippen LogP contribution in [0.3, 0.4) is 0 Å². The summed E-state index contributed by atoms with van der Waals surface area (Å²) >= 11 is 0. The lowest BCUT2D eigenvalue weighted by Crippen LogP contribution is -2.37. The number of imidazole rings is 1. The molecule has 7 nitrogen and oxygen atoms in total. The van der Waals surface area contributed by atoms with E-state index in [0.29, 0.717) is 49.1 Å². The van der Waals surface area contributed by atoms with Crippen LogP contribution in [0.4, 0.5) is 0 Å². The molecule has 0 radical (unpaired) electrons. The summed E-state index contributed by atoms with van der Waals surface area (Å²) in [6, 6.07) is 13.6. The van der Waals surface area contributed by atoms with Crippen LogP contribution in [0.25, 0.3) is 61.3 Å². The van der Waals surface area contributed by atoms with E-state index in [1.807, 2.05) is 42.5 Å². The molecule has 0 aliphatic heterocycles. The lowest BCUT2D eigenvalue weighted by atomic mass is 9.92. The van der Waals surface area contributed by atoms with E-state index in [0.717, 1.165) is 114 Å². The molecule has 0 amide bonds. The van der Waals surface area contributed by atoms with E-state index in [9.17, 15) is 9.90 Å². The zero-order valence-electron chi connectivity index (χ0n) is 34.1. The Hall–Kier alpha value is -4.26. The molecule has 55 heavy (non-hydrogen) atoms. The van der Waals surface area contributed by atoms with Crippen LogP contribution >= 0.6 is 0 Å². The van der Waals surface area contributed by atoms with E-state index in [-0.39, 0.29) is 29.1 Å². The molecule has 3 aromatic carbocycles. The Kier molecular flexibility index (Phi) is 14.0. The number of pyridine rings is 2. The van der Waals surface area contributed by atoms with Crippen molar-refractivity contribution in [3.63, 3.8) is 0 Å². The Balaban J connectivity index is 1.65. The first-order chi connectivity index (χ1) is 26.9. The Labute approximate surface area is 327 Å². The number of fused-ring (bicyclic) bond motifs is 3. The number of benzene rings is 3. The van der Waals surface area contributed by atoms with Gasteiger partial charge < -0.3 is 9.67 Å². The number of nitrogens with zero attached hydrogens (tertiary/aromatic N) is 4. The van der Waals surface area contributed by atoms with Gasteiger partial charge >= 0.3 is 0 Å². The van der Waals surface area contributed by atoms with Gasteiger partial charge in [0.15, 0.2) is 5.82 Å². The summed E-state index contributed by atoms with van der Waals surface area (Å²) in [6.45, 7) is 13.5. The number of aromatic hydroxyl groups is 1. The van der Waals surface area contributed by atoms with Crippen molar-refractivity contribution >= 4 is 49.9 Å². The summed E-state index contributed by atoms with van der Waals surface area (Å²) in [7, 11) is 0. The third-order valence-corrected chi connectivity index (χ3v) is 12.1. The molecule has 0 aliphatic rings. The highest BCUT2D eigenvalue weighted by molar-refractivity contribution is 6.33. The fraction of sp³-hybridized carbons (Fsp3) is 0.542. The summed E-state index contributed by atoms with van der Waals surface area (Å²) < 4.78 is 3.62. The van der Waals surface area contributed by atoms with Gasteiger partial charge in [-0.15, -0.1) is 0 Å². The van der Waals surface area contributed by atoms with Gasteiger partial charge in [0.25, 0.3) is 11.1 Å². The molecule has 6 aromatic rings. The van der Waals surface area contributed by atoms with Crippen molar-refractivity contribution in [1.29, 1.82) is 0 Å². The van der Waals surface area contributed by atoms with Crippen molar-refractivity contribution < 1.29 is 5.11 Å². The quantitative estimate of drug-likeness (QED) is 0.0521. The molecule has 3 aromatic heterocycles. The highest BCUT2D eigenvalue weighted by Crippen LogP contribution is 2.43. The third-order valence-electron chi connectivity index (χ3n) is 12.1. The Morgan fingerprint density at radius 1 is 0.545 bits per heavy atom. The van der Waals surface area contributed by atoms with Crippen LogP contribution in [0.15, 0.2) is 52.1 Å². The predicted molar refractivity (Wildman–Crippen MR) is 233 cm³/mol. The molecule has 0 aliphatic carbocycles. The van der Waals surface area contributed by atoms with Gasteiger partial charge in [0.2, 0.25) is 5.88 Å². The van der Waals surface area contributed by atoms with Gasteiger partial charge in [-0.2, -0.15) is 0 Å². The van der Waals surface area contributed by atoms with Crippen LogP contribution < -0.4 is 16.5 Å². The molecule has 7 heteroatoms. The van der Waals surface area contributed by atoms with Gasteiger partial charge in [0.1, 0.15) is 11.0 Å². The topological polar surface area (TPSA) is 90.0 Å². The van der Waals surface area contributed by atoms with Crippen molar-refractivity contribution in [3.05, 3.63) is 68.5 Å². The summed E-state index contributed by atoms with van der Waals surface area (Å²) in [5.74, 6) is 0.613. The highest BCUT2D eigenvalue weighted by Gasteiger charge is 2.29. The lowest BCUT2D eigenvalue weighted by Gasteiger charge is -2.26. The minimum Gasteiger partial charge on any atom is -0.494 e. The zero-order valence-corrected chi connectivity index (χ0v) is 34.1. The first-order valence-electron chi connectivity index (χ1n) is 21.8. The molecule has 6 rings (SSSR count). The average molecular weight is 745 g/mol. The van der Waals surface area contributed by atoms with Crippen molar-refractivity contribution in [2.45, 2.75) is 168 Å². The van der Waals surface area contributed by atoms with Gasteiger partial charge in [-0.1, -0.05) is 173 Å². The molecule has 0 fully saturated rings. The van der Waals surface area contributed by atoms with Gasteiger partial charge in [0, 0.05) is 44.5 Å². The van der Waals surface area contributed by atoms with Gasteiger partial charge in [-0.05, 0) is 31.7 Å². The van der Waals surface area contributed by atoms with Crippen molar-refractivity contribution in [2.24, 2.45) is 0 Å². The first-order valence-corrected chi connectivity index (χ1v) is 21.8. The lowest BCUT2D eigenvalue weighted by molar-refractivity contribution is 0.335. The van der Waals surface area contributed by atoms with E-state index in [1.54, 1.807) is 4.57 Å². The van der Waals surface area contributed by atoms with Gasteiger partial charge in [-0.3, -0.25) is 14.2 Å². The van der Waals surface area contributed by atoms with Crippen LogP contribution in [0.1, 0.15) is 168 Å². The number of hydrogen-bond donors (Lipinski definition) is 1. The maximum absolute atomic E-state index is 15.1. The zero-order chi connectivity index (χ0) is 38.9. The smallest absolute Gasteiger partial charge is 0.263 e. The maximum Gasteiger partial charge on any atom is 0.263 e. The second kappa shape index (κ2) is 19.1. The van der Waals surface area contributed by atoms with E-state index in [1.165, 1.54) is 25.7 Å². The molecule has 0 bridgehead atoms. The SMILES string of the molecule is C=c1c2ccc3c(=O)n(C(CCCCCC)CCCCCC)c(=O)c4c5nc(-c6ccccc6)nc5c(c(O)n1C(CCCCCC)CCCCCC)c2c34. The first kappa shape index (κ1) is 40.4. The van der Waals surface area contributed by atoms with Gasteiger partial charge in [-0.25, -0.2) is 9.97 Å². The monoisotopic (exact) mass is 744 g/mol. The molecule has 0 spiro atoms. The largest absolute Gasteiger partial charge is 0.494 e. The molecule has 0 unspecified atom stereocenters. The molecule has 0 saturated carbocycles. The van der Waals surface area contributed by atoms with Crippen molar-refractivity contribution in [3.8, 4) is 17.3 Å². The van der Waals surface area contributed by atoms with Crippen LogP contribution in [-0.4, -0.2) is 24.2 Å². The number of rotatable bonds is 23. The molecular formula is C48H64N4O3. The Morgan fingerprint density at radius 3 is 1.51 bits per heavy atom. The standard InChI is InChI=1S/C48H64N4O3/c1-6-10-14-21-27-35(28-22-15-11-7-2)51-33(5)37-31-32-38-40-39(37)41(47(51)54)43-44(50-45(49-43)34-25-19-18-20-26-34)42(40)48(55)52(46(38)53)36(29-23-16-12-8-3)30-24-17-13-9-4/h18-20,25-26,31-32,35-36,54H,5-17,21-24,27-30H2,1-4H3. The minimum absolute atomic E-state index is 0.0585. The summed E-state index contributed by atoms with van der Waals surface area (Å²) in [5, 5.41) is 16.9. The summed E-state index contributed by atoms with van der Waals surface area (Å²) in [4.78, 5) is 40.2. The summed E-state index contributed by atoms with van der Waals surface area (Å²) in [6.07, 6.45) is 21.3. The van der Waals surface area contributed by atoms with Gasteiger partial charge in [0.05, 0.1) is 10.8 Å². The summed E-state index contributed by atoms with van der Waals surface area (Å²) in [5.41, 5.74) is 1.27. The second-order valence-electron chi connectivity index (χ2n) is 16.1. The minimum atomic E-state index is -0.293. The van der Waals surface area contributed by atoms with E-state index >= 15 is 4.79 Å². The second-order valence-corrected chi connectivity index (χ2v) is 16.1. The molecule has 0 atom stereocenters. The average Bonchev–Trinajstić information content (AvgIpc) is 3.64. The number of hydrogen-bond acceptors (Lipinski definition) is 5. The van der Waals surface area contributed by atoms with Crippen molar-refractivity contribution in [1.82, 2.24) is 19.1 Å². The Morgan fingerprint density at radius 2 is 1.00 bits per heavy atom. The number of aromatic nitrogens is 4. The third kappa shape index (κ3) is 8.32. The van der Waals surface area contributed by atoms with E-state index in [2.05, 4.69) is 38.8 Å². The molecule has 1 N–H and O–H groups in total. The molecular weight excluding hydrogens is 681 g/mol.